The zero-order chi connectivity index (χ0) is 10.9. The zero-order valence-electron chi connectivity index (χ0n) is 8.93. The SMILES string of the molecule is Cc1ncn(CCOCCOCCO)n1. The number of hydrogen-bond acceptors (Lipinski definition) is 5. The first-order valence-electron chi connectivity index (χ1n) is 4.95. The van der Waals surface area contributed by atoms with Crippen molar-refractivity contribution >= 4 is 0 Å². The summed E-state index contributed by atoms with van der Waals surface area (Å²) in [4.78, 5) is 4.00. The molecule has 86 valence electrons. The number of aromatic nitrogens is 3. The molecule has 0 aliphatic carbocycles. The van der Waals surface area contributed by atoms with E-state index < -0.39 is 0 Å². The highest BCUT2D eigenvalue weighted by Crippen LogP contribution is 1.87. The molecule has 0 radical (unpaired) electrons. The summed E-state index contributed by atoms with van der Waals surface area (Å²) in [5, 5.41) is 12.6. The van der Waals surface area contributed by atoms with Gasteiger partial charge in [-0.15, -0.1) is 0 Å². The molecule has 1 aromatic heterocycles. The molecule has 1 aromatic rings. The van der Waals surface area contributed by atoms with Crippen LogP contribution in [0.3, 0.4) is 0 Å². The van der Waals surface area contributed by atoms with Gasteiger partial charge in [-0.3, -0.25) is 4.68 Å². The van der Waals surface area contributed by atoms with Crippen molar-refractivity contribution < 1.29 is 14.6 Å². The van der Waals surface area contributed by atoms with Crippen molar-refractivity contribution in [1.82, 2.24) is 14.8 Å². The van der Waals surface area contributed by atoms with Crippen molar-refractivity contribution in [3.05, 3.63) is 12.2 Å². The van der Waals surface area contributed by atoms with Gasteiger partial charge in [0.25, 0.3) is 0 Å². The van der Waals surface area contributed by atoms with Crippen LogP contribution >= 0.6 is 0 Å². The monoisotopic (exact) mass is 215 g/mol. The second-order valence-corrected chi connectivity index (χ2v) is 3.00. The van der Waals surface area contributed by atoms with E-state index in [0.717, 1.165) is 5.82 Å². The Bertz CT molecular complexity index is 265. The Morgan fingerprint density at radius 2 is 2.00 bits per heavy atom. The lowest BCUT2D eigenvalue weighted by Gasteiger charge is -2.04. The van der Waals surface area contributed by atoms with Crippen molar-refractivity contribution in [1.29, 1.82) is 0 Å². The van der Waals surface area contributed by atoms with Crippen LogP contribution in [0, 0.1) is 6.92 Å². The molecule has 0 spiro atoms. The Hall–Kier alpha value is -0.980. The molecule has 0 atom stereocenters. The average Bonchev–Trinajstić information content (AvgIpc) is 2.63. The van der Waals surface area contributed by atoms with Crippen LogP contribution < -0.4 is 0 Å². The smallest absolute Gasteiger partial charge is 0.147 e. The van der Waals surface area contributed by atoms with Crippen LogP contribution in [0.1, 0.15) is 5.82 Å². The molecule has 0 bridgehead atoms. The largest absolute Gasteiger partial charge is 0.394 e. The zero-order valence-corrected chi connectivity index (χ0v) is 8.93. The normalized spacial score (nSPS) is 10.8. The third kappa shape index (κ3) is 5.46. The molecule has 1 N–H and O–H groups in total. The molecular formula is C9H17N3O3. The summed E-state index contributed by atoms with van der Waals surface area (Å²) >= 11 is 0. The summed E-state index contributed by atoms with van der Waals surface area (Å²) in [6, 6.07) is 0. The Kier molecular flexibility index (Phi) is 5.91. The molecule has 6 nitrogen and oxygen atoms in total. The molecule has 0 aromatic carbocycles. The molecule has 15 heavy (non-hydrogen) atoms. The van der Waals surface area contributed by atoms with E-state index in [-0.39, 0.29) is 6.61 Å². The third-order valence-corrected chi connectivity index (χ3v) is 1.72. The molecule has 0 saturated carbocycles. The van der Waals surface area contributed by atoms with Gasteiger partial charge in [-0.2, -0.15) is 5.10 Å². The first-order valence-corrected chi connectivity index (χ1v) is 4.95. The van der Waals surface area contributed by atoms with Gasteiger partial charge >= 0.3 is 0 Å². The summed E-state index contributed by atoms with van der Waals surface area (Å²) in [5.41, 5.74) is 0. The number of rotatable bonds is 8. The molecule has 6 heteroatoms. The summed E-state index contributed by atoms with van der Waals surface area (Å²) in [5.74, 6) is 0.765. The van der Waals surface area contributed by atoms with E-state index >= 15 is 0 Å². The van der Waals surface area contributed by atoms with Crippen molar-refractivity contribution in [2.45, 2.75) is 13.5 Å². The molecule has 0 aliphatic heterocycles. The van der Waals surface area contributed by atoms with Crippen molar-refractivity contribution in [3.63, 3.8) is 0 Å². The van der Waals surface area contributed by atoms with E-state index in [9.17, 15) is 0 Å². The average molecular weight is 215 g/mol. The van der Waals surface area contributed by atoms with Crippen LogP contribution in [0.4, 0.5) is 0 Å². The number of aliphatic hydroxyl groups is 1. The molecule has 0 fully saturated rings. The van der Waals surface area contributed by atoms with E-state index in [1.54, 1.807) is 11.0 Å². The quantitative estimate of drug-likeness (QED) is 0.598. The Morgan fingerprint density at radius 3 is 2.60 bits per heavy atom. The summed E-state index contributed by atoms with van der Waals surface area (Å²) in [6.45, 7) is 4.60. The van der Waals surface area contributed by atoms with Crippen LogP contribution in [-0.4, -0.2) is 52.9 Å². The summed E-state index contributed by atoms with van der Waals surface area (Å²) < 4.78 is 12.1. The molecular weight excluding hydrogens is 198 g/mol. The number of hydrogen-bond donors (Lipinski definition) is 1. The number of ether oxygens (including phenoxy) is 2. The standard InChI is InChI=1S/C9H17N3O3/c1-9-10-8-12(11-9)2-4-14-6-7-15-5-3-13/h8,13H,2-7H2,1H3. The first-order chi connectivity index (χ1) is 7.33. The van der Waals surface area contributed by atoms with Crippen LogP contribution in [0.25, 0.3) is 0 Å². The third-order valence-electron chi connectivity index (χ3n) is 1.72. The van der Waals surface area contributed by atoms with Crippen molar-refractivity contribution in [2.24, 2.45) is 0 Å². The lowest BCUT2D eigenvalue weighted by atomic mass is 10.6. The number of aliphatic hydroxyl groups excluding tert-OH is 1. The second-order valence-electron chi connectivity index (χ2n) is 3.00. The fraction of sp³-hybridized carbons (Fsp3) is 0.778. The predicted octanol–water partition coefficient (Wildman–Crippen LogP) is -0.388. The maximum atomic E-state index is 8.44. The maximum absolute atomic E-state index is 8.44. The van der Waals surface area contributed by atoms with E-state index in [2.05, 4.69) is 10.1 Å². The van der Waals surface area contributed by atoms with Gasteiger partial charge in [-0.25, -0.2) is 4.98 Å². The molecule has 1 rings (SSSR count). The minimum absolute atomic E-state index is 0.0538. The van der Waals surface area contributed by atoms with Crippen LogP contribution in [-0.2, 0) is 16.0 Å². The van der Waals surface area contributed by atoms with Crippen molar-refractivity contribution in [2.75, 3.05) is 33.0 Å². The van der Waals surface area contributed by atoms with Gasteiger partial charge in [0.1, 0.15) is 12.2 Å². The molecule has 0 unspecified atom stereocenters. The lowest BCUT2D eigenvalue weighted by molar-refractivity contribution is 0.0303. The lowest BCUT2D eigenvalue weighted by Crippen LogP contribution is -2.11. The van der Waals surface area contributed by atoms with E-state index in [1.165, 1.54) is 0 Å². The fourth-order valence-corrected chi connectivity index (χ4v) is 1.04. The van der Waals surface area contributed by atoms with Gasteiger partial charge < -0.3 is 14.6 Å². The van der Waals surface area contributed by atoms with E-state index in [0.29, 0.717) is 33.0 Å². The van der Waals surface area contributed by atoms with Gasteiger partial charge in [-0.05, 0) is 6.92 Å². The molecule has 0 saturated heterocycles. The molecule has 0 aliphatic rings. The molecule has 0 amide bonds. The summed E-state index contributed by atoms with van der Waals surface area (Å²) in [7, 11) is 0. The van der Waals surface area contributed by atoms with Gasteiger partial charge in [0.2, 0.25) is 0 Å². The Labute approximate surface area is 88.8 Å². The fourth-order valence-electron chi connectivity index (χ4n) is 1.04. The second kappa shape index (κ2) is 7.33. The van der Waals surface area contributed by atoms with Gasteiger partial charge in [-0.1, -0.05) is 0 Å². The minimum Gasteiger partial charge on any atom is -0.394 e. The van der Waals surface area contributed by atoms with E-state index in [4.69, 9.17) is 14.6 Å². The van der Waals surface area contributed by atoms with Gasteiger partial charge in [0.05, 0.1) is 39.6 Å². The topological polar surface area (TPSA) is 69.4 Å². The Morgan fingerprint density at radius 1 is 1.27 bits per heavy atom. The highest BCUT2D eigenvalue weighted by Gasteiger charge is 1.95. The van der Waals surface area contributed by atoms with Crippen LogP contribution in [0.2, 0.25) is 0 Å². The highest BCUT2D eigenvalue weighted by molar-refractivity contribution is 4.74. The summed E-state index contributed by atoms with van der Waals surface area (Å²) in [6.07, 6.45) is 1.68. The van der Waals surface area contributed by atoms with Crippen LogP contribution in [0.5, 0.6) is 0 Å². The van der Waals surface area contributed by atoms with Gasteiger partial charge in [0.15, 0.2) is 0 Å². The van der Waals surface area contributed by atoms with Crippen LogP contribution in [0.15, 0.2) is 6.33 Å². The van der Waals surface area contributed by atoms with E-state index in [1.807, 2.05) is 6.92 Å². The maximum Gasteiger partial charge on any atom is 0.147 e. The minimum atomic E-state index is 0.0538. The van der Waals surface area contributed by atoms with Gasteiger partial charge in [0, 0.05) is 0 Å². The predicted molar refractivity (Wildman–Crippen MR) is 53.5 cm³/mol. The van der Waals surface area contributed by atoms with Crippen molar-refractivity contribution in [3.8, 4) is 0 Å². The first kappa shape index (κ1) is 12.1. The molecule has 1 heterocycles. The number of aryl methyl sites for hydroxylation is 1. The Balaban J connectivity index is 1.93. The number of nitrogens with zero attached hydrogens (tertiary/aromatic N) is 3. The highest BCUT2D eigenvalue weighted by atomic mass is 16.5.